The Labute approximate surface area is 48.0 Å². The van der Waals surface area contributed by atoms with E-state index in [9.17, 15) is 4.79 Å². The molecular weight excluding hydrogens is 106 g/mol. The van der Waals surface area contributed by atoms with Crippen LogP contribution in [0.4, 0.5) is 4.79 Å². The molecule has 0 aliphatic carbocycles. The molecule has 8 heavy (non-hydrogen) atoms. The Morgan fingerprint density at radius 1 is 2.00 bits per heavy atom. The lowest BCUT2D eigenvalue weighted by Crippen LogP contribution is -2.30. The van der Waals surface area contributed by atoms with E-state index in [-0.39, 0.29) is 0 Å². The Kier molecular flexibility index (Phi) is 2.61. The molecule has 46 valence electrons. The van der Waals surface area contributed by atoms with Crippen LogP contribution < -0.4 is 5.73 Å². The second kappa shape index (κ2) is 3.01. The van der Waals surface area contributed by atoms with Crippen molar-refractivity contribution in [1.29, 1.82) is 0 Å². The molecule has 0 aliphatic heterocycles. The van der Waals surface area contributed by atoms with Gasteiger partial charge in [0, 0.05) is 13.3 Å². The average molecular weight is 115 g/mol. The maximum absolute atomic E-state index is 10.2. The number of urea groups is 1. The molecule has 0 fully saturated rings. The van der Waals surface area contributed by atoms with Gasteiger partial charge in [-0.2, -0.15) is 5.10 Å². The molecule has 4 heteroatoms. The molecule has 0 radical (unpaired) electrons. The molecule has 0 rings (SSSR count). The van der Waals surface area contributed by atoms with Crippen LogP contribution in [0, 0.1) is 0 Å². The van der Waals surface area contributed by atoms with Gasteiger partial charge < -0.3 is 5.73 Å². The molecule has 0 bridgehead atoms. The second-order valence-corrected chi connectivity index (χ2v) is 1.20. The summed E-state index contributed by atoms with van der Waals surface area (Å²) in [5, 5.41) is 4.38. The van der Waals surface area contributed by atoms with Crippen LogP contribution >= 0.6 is 0 Å². The van der Waals surface area contributed by atoms with Gasteiger partial charge in [-0.15, -0.1) is 0 Å². The van der Waals surface area contributed by atoms with Crippen molar-refractivity contribution in [2.24, 2.45) is 10.8 Å². The zero-order valence-corrected chi connectivity index (χ0v) is 4.79. The van der Waals surface area contributed by atoms with Gasteiger partial charge in [0.25, 0.3) is 0 Å². The number of carbonyl (C=O) groups excluding carboxylic acids is 1. The third-order valence-corrected chi connectivity index (χ3v) is 0.725. The highest BCUT2D eigenvalue weighted by molar-refractivity contribution is 5.71. The van der Waals surface area contributed by atoms with Gasteiger partial charge >= 0.3 is 6.03 Å². The number of nitrogens with zero attached hydrogens (tertiary/aromatic N) is 2. The lowest BCUT2D eigenvalue weighted by Gasteiger charge is -2.08. The van der Waals surface area contributed by atoms with E-state index >= 15 is 0 Å². The summed E-state index contributed by atoms with van der Waals surface area (Å²) in [6.07, 6.45) is 0. The van der Waals surface area contributed by atoms with Gasteiger partial charge in [0.05, 0.1) is 0 Å². The van der Waals surface area contributed by atoms with E-state index in [0.717, 1.165) is 5.01 Å². The quantitative estimate of drug-likeness (QED) is 0.399. The maximum atomic E-state index is 10.2. The van der Waals surface area contributed by atoms with Gasteiger partial charge in [0.2, 0.25) is 0 Å². The number of amides is 2. The van der Waals surface area contributed by atoms with Crippen LogP contribution in [0.2, 0.25) is 0 Å². The third-order valence-electron chi connectivity index (χ3n) is 0.725. The van der Waals surface area contributed by atoms with Crippen LogP contribution in [0.1, 0.15) is 6.92 Å². The van der Waals surface area contributed by atoms with E-state index in [4.69, 9.17) is 5.73 Å². The molecule has 0 spiro atoms. The Bertz CT molecular complexity index is 101. The van der Waals surface area contributed by atoms with E-state index in [1.165, 1.54) is 0 Å². The van der Waals surface area contributed by atoms with Crippen molar-refractivity contribution in [3.05, 3.63) is 0 Å². The first-order valence-electron chi connectivity index (χ1n) is 2.26. The van der Waals surface area contributed by atoms with Crippen molar-refractivity contribution in [2.75, 3.05) is 6.54 Å². The zero-order chi connectivity index (χ0) is 6.57. The van der Waals surface area contributed by atoms with Crippen molar-refractivity contribution < 1.29 is 4.79 Å². The van der Waals surface area contributed by atoms with Crippen LogP contribution in [0.25, 0.3) is 0 Å². The summed E-state index contributed by atoms with van der Waals surface area (Å²) in [4.78, 5) is 10.2. The van der Waals surface area contributed by atoms with Crippen molar-refractivity contribution in [2.45, 2.75) is 6.92 Å². The Morgan fingerprint density at radius 2 is 2.50 bits per heavy atom. The van der Waals surface area contributed by atoms with Gasteiger partial charge in [-0.05, 0) is 6.92 Å². The van der Waals surface area contributed by atoms with E-state index in [0.29, 0.717) is 6.54 Å². The third kappa shape index (κ3) is 1.59. The summed E-state index contributed by atoms with van der Waals surface area (Å²) < 4.78 is 0. The Balaban J connectivity index is 3.69. The average Bonchev–Trinajstić information content (AvgIpc) is 1.69. The van der Waals surface area contributed by atoms with Gasteiger partial charge in [-0.1, -0.05) is 0 Å². The van der Waals surface area contributed by atoms with Crippen LogP contribution in [-0.4, -0.2) is 24.3 Å². The summed E-state index contributed by atoms with van der Waals surface area (Å²) in [6, 6.07) is -0.567. The Morgan fingerprint density at radius 3 is 2.50 bits per heavy atom. The van der Waals surface area contributed by atoms with E-state index in [1.54, 1.807) is 6.92 Å². The fraction of sp³-hybridized carbons (Fsp3) is 0.500. The van der Waals surface area contributed by atoms with Gasteiger partial charge in [0.15, 0.2) is 0 Å². The monoisotopic (exact) mass is 115 g/mol. The smallest absolute Gasteiger partial charge is 0.335 e. The second-order valence-electron chi connectivity index (χ2n) is 1.20. The molecule has 0 unspecified atom stereocenters. The molecule has 0 atom stereocenters. The number of hydrazone groups is 1. The topological polar surface area (TPSA) is 58.7 Å². The van der Waals surface area contributed by atoms with Gasteiger partial charge in [0.1, 0.15) is 0 Å². The van der Waals surface area contributed by atoms with Crippen molar-refractivity contribution in [3.8, 4) is 0 Å². The summed E-state index contributed by atoms with van der Waals surface area (Å²) in [6.45, 7) is 5.36. The first-order valence-corrected chi connectivity index (χ1v) is 2.26. The molecular formula is C4H9N3O. The van der Waals surface area contributed by atoms with E-state index in [1.807, 2.05) is 0 Å². The standard InChI is InChI=1S/C4H9N3O/c1-3-7(6-2)4(5)8/h2-3H2,1H3,(H2,5,8). The van der Waals surface area contributed by atoms with E-state index < -0.39 is 6.03 Å². The SMILES string of the molecule is C=NN(CC)C(N)=O. The summed E-state index contributed by atoms with van der Waals surface area (Å²) in [5.41, 5.74) is 4.81. The number of rotatable bonds is 2. The van der Waals surface area contributed by atoms with Crippen LogP contribution in [0.3, 0.4) is 0 Å². The summed E-state index contributed by atoms with van der Waals surface area (Å²) >= 11 is 0. The molecule has 0 heterocycles. The van der Waals surface area contributed by atoms with Crippen LogP contribution in [-0.2, 0) is 0 Å². The molecule has 0 aromatic carbocycles. The van der Waals surface area contributed by atoms with Gasteiger partial charge in [-0.25, -0.2) is 9.80 Å². The van der Waals surface area contributed by atoms with Crippen molar-refractivity contribution >= 4 is 12.7 Å². The normalized spacial score (nSPS) is 8.12. The lowest BCUT2D eigenvalue weighted by molar-refractivity contribution is 0.213. The van der Waals surface area contributed by atoms with Gasteiger partial charge in [-0.3, -0.25) is 0 Å². The predicted octanol–water partition coefficient (Wildman–Crippen LogP) is 0.00260. The minimum Gasteiger partial charge on any atom is -0.350 e. The molecule has 0 saturated heterocycles. The minimum atomic E-state index is -0.567. The summed E-state index contributed by atoms with van der Waals surface area (Å²) in [5.74, 6) is 0. The first-order chi connectivity index (χ1) is 3.72. The number of carbonyl (C=O) groups is 1. The fourth-order valence-electron chi connectivity index (χ4n) is 0.326. The fourth-order valence-corrected chi connectivity index (χ4v) is 0.326. The number of hydrogen-bond donors (Lipinski definition) is 1. The predicted molar refractivity (Wildman–Crippen MR) is 31.5 cm³/mol. The highest BCUT2D eigenvalue weighted by atomic mass is 16.2. The van der Waals surface area contributed by atoms with Crippen molar-refractivity contribution in [3.63, 3.8) is 0 Å². The van der Waals surface area contributed by atoms with Crippen LogP contribution in [0.15, 0.2) is 5.10 Å². The molecule has 0 saturated carbocycles. The maximum Gasteiger partial charge on any atom is 0.335 e. The van der Waals surface area contributed by atoms with Crippen molar-refractivity contribution in [1.82, 2.24) is 5.01 Å². The molecule has 2 amide bonds. The molecule has 2 N–H and O–H groups in total. The van der Waals surface area contributed by atoms with Crippen LogP contribution in [0.5, 0.6) is 0 Å². The zero-order valence-electron chi connectivity index (χ0n) is 4.79. The minimum absolute atomic E-state index is 0.471. The molecule has 4 nitrogen and oxygen atoms in total. The largest absolute Gasteiger partial charge is 0.350 e. The summed E-state index contributed by atoms with van der Waals surface area (Å²) in [7, 11) is 0. The number of primary amides is 1. The lowest BCUT2D eigenvalue weighted by atomic mass is 10.7. The number of nitrogens with two attached hydrogens (primary N) is 1. The molecule has 0 aliphatic rings. The molecule has 0 aromatic heterocycles. The van der Waals surface area contributed by atoms with E-state index in [2.05, 4.69) is 11.8 Å². The highest BCUT2D eigenvalue weighted by Gasteiger charge is 1.99. The Hall–Kier alpha value is -1.06. The molecule has 0 aromatic rings. The highest BCUT2D eigenvalue weighted by Crippen LogP contribution is 1.83. The first kappa shape index (κ1) is 6.94. The number of hydrogen-bond acceptors (Lipinski definition) is 2.